The van der Waals surface area contributed by atoms with Crippen molar-refractivity contribution in [2.24, 2.45) is 4.36 Å². The molecule has 4 aliphatic carbocycles. The molecular formula is C54H66N10O8S4. The van der Waals surface area contributed by atoms with Crippen molar-refractivity contribution in [1.29, 1.82) is 0 Å². The van der Waals surface area contributed by atoms with Gasteiger partial charge in [0.25, 0.3) is 0 Å². The molecule has 2 aromatic carbocycles. The molecule has 2 atom stereocenters. The number of alkyl carbamates (subject to hydrolysis) is 2. The number of carbonyl (C=O) groups excluding carboxylic acids is 2. The highest BCUT2D eigenvalue weighted by Gasteiger charge is 2.40. The first-order chi connectivity index (χ1) is 36.6. The minimum Gasteiger partial charge on any atom is -0.447 e. The molecule has 2 unspecified atom stereocenters. The Morgan fingerprint density at radius 2 is 1.25 bits per heavy atom. The quantitative estimate of drug-likeness (QED) is 0.0442. The second-order valence-corrected chi connectivity index (χ2v) is 27.7. The molecule has 404 valence electrons. The van der Waals surface area contributed by atoms with Crippen LogP contribution in [0.15, 0.2) is 92.1 Å². The Labute approximate surface area is 451 Å². The first-order valence-corrected chi connectivity index (χ1v) is 31.2. The van der Waals surface area contributed by atoms with Gasteiger partial charge in [0, 0.05) is 95.1 Å². The molecule has 0 aliphatic heterocycles. The van der Waals surface area contributed by atoms with E-state index in [9.17, 15) is 27.0 Å². The van der Waals surface area contributed by atoms with Crippen LogP contribution in [0.2, 0.25) is 0 Å². The molecule has 4 fully saturated rings. The second kappa shape index (κ2) is 22.9. The number of rotatable bonds is 19. The van der Waals surface area contributed by atoms with Crippen molar-refractivity contribution in [3.63, 3.8) is 0 Å². The highest BCUT2D eigenvalue weighted by molar-refractivity contribution is 7.94. The first-order valence-electron chi connectivity index (χ1n) is 26.4. The van der Waals surface area contributed by atoms with Crippen LogP contribution in [0.3, 0.4) is 0 Å². The number of hydrogen-bond acceptors (Lipinski definition) is 16. The summed E-state index contributed by atoms with van der Waals surface area (Å²) >= 11 is 3.16. The van der Waals surface area contributed by atoms with Crippen LogP contribution >= 0.6 is 22.7 Å². The van der Waals surface area contributed by atoms with E-state index in [4.69, 9.17) is 19.4 Å². The first kappa shape index (κ1) is 53.3. The zero-order chi connectivity index (χ0) is 53.1. The number of pyridine rings is 1. The molecule has 0 spiro atoms. The molecule has 0 radical (unpaired) electrons. The summed E-state index contributed by atoms with van der Waals surface area (Å²) in [5, 5.41) is 21.9. The average Bonchev–Trinajstić information content (AvgIpc) is 4.32. The van der Waals surface area contributed by atoms with E-state index in [0.29, 0.717) is 53.3 Å². The van der Waals surface area contributed by atoms with Crippen molar-refractivity contribution in [2.75, 3.05) is 17.7 Å². The summed E-state index contributed by atoms with van der Waals surface area (Å²) in [6, 6.07) is 16.3. The minimum atomic E-state index is -3.55. The maximum atomic E-state index is 14.6. The Bertz CT molecular complexity index is 3330. The number of aromatic nitrogens is 5. The number of nitrogens with zero attached hydrogens (tertiary/aromatic N) is 4. The van der Waals surface area contributed by atoms with Gasteiger partial charge in [0.15, 0.2) is 15.7 Å². The van der Waals surface area contributed by atoms with Crippen LogP contribution in [0.5, 0.6) is 0 Å². The fraction of sp³-hybridized carbons (Fsp3) is 0.481. The van der Waals surface area contributed by atoms with E-state index in [1.54, 1.807) is 42.9 Å². The molecule has 4 aliphatic rings. The van der Waals surface area contributed by atoms with Gasteiger partial charge in [0.1, 0.15) is 6.10 Å². The predicted molar refractivity (Wildman–Crippen MR) is 297 cm³/mol. The fourth-order valence-corrected chi connectivity index (χ4v) is 16.9. The number of hydrogen-bond donors (Lipinski definition) is 6. The summed E-state index contributed by atoms with van der Waals surface area (Å²) in [5.41, 5.74) is 4.16. The van der Waals surface area contributed by atoms with Crippen molar-refractivity contribution in [1.82, 2.24) is 35.8 Å². The second-order valence-electron chi connectivity index (χ2n) is 20.8. The molecule has 6 aromatic rings. The highest BCUT2D eigenvalue weighted by atomic mass is 32.2. The molecule has 76 heavy (non-hydrogen) atoms. The van der Waals surface area contributed by atoms with Crippen LogP contribution in [-0.4, -0.2) is 91.8 Å². The topological polar surface area (TPSA) is 252 Å². The number of thiazole rings is 2. The highest BCUT2D eigenvalue weighted by Crippen LogP contribution is 2.46. The lowest BCUT2D eigenvalue weighted by Crippen LogP contribution is -2.39. The minimum absolute atomic E-state index is 0.00124. The number of aryl methyl sites for hydroxylation is 1. The van der Waals surface area contributed by atoms with Gasteiger partial charge in [-0.25, -0.2) is 36.5 Å². The Morgan fingerprint density at radius 3 is 1.80 bits per heavy atom. The van der Waals surface area contributed by atoms with Gasteiger partial charge in [-0.3, -0.25) is 9.89 Å². The summed E-state index contributed by atoms with van der Waals surface area (Å²) in [6.45, 7) is 5.56. The van der Waals surface area contributed by atoms with Crippen molar-refractivity contribution < 1.29 is 31.7 Å². The van der Waals surface area contributed by atoms with Crippen molar-refractivity contribution in [3.8, 4) is 20.9 Å². The van der Waals surface area contributed by atoms with Gasteiger partial charge >= 0.3 is 12.2 Å². The number of H-pyrrole nitrogens is 2. The van der Waals surface area contributed by atoms with E-state index >= 15 is 0 Å². The molecule has 6 N–H and O–H groups in total. The molecule has 4 heterocycles. The van der Waals surface area contributed by atoms with Gasteiger partial charge in [-0.15, -0.1) is 22.7 Å². The summed E-state index contributed by atoms with van der Waals surface area (Å²) in [6.07, 6.45) is 14.8. The molecule has 2 amide bonds. The number of aromatic amines is 2. The van der Waals surface area contributed by atoms with Gasteiger partial charge in [-0.05, 0) is 141 Å². The van der Waals surface area contributed by atoms with E-state index < -0.39 is 25.7 Å². The van der Waals surface area contributed by atoms with E-state index in [1.807, 2.05) is 63.4 Å². The molecule has 4 saturated carbocycles. The van der Waals surface area contributed by atoms with Crippen LogP contribution in [0, 0.1) is 0 Å². The third kappa shape index (κ3) is 12.7. The monoisotopic (exact) mass is 1110 g/mol. The Morgan fingerprint density at radius 1 is 0.697 bits per heavy atom. The average molecular weight is 1110 g/mol. The van der Waals surface area contributed by atoms with Crippen LogP contribution in [0.4, 0.5) is 32.5 Å². The van der Waals surface area contributed by atoms with Gasteiger partial charge in [0.05, 0.1) is 56.3 Å². The summed E-state index contributed by atoms with van der Waals surface area (Å²) in [5.74, 6) is 1.08. The van der Waals surface area contributed by atoms with Crippen molar-refractivity contribution in [2.45, 2.75) is 167 Å². The van der Waals surface area contributed by atoms with E-state index in [1.165, 1.54) is 17.4 Å². The van der Waals surface area contributed by atoms with E-state index in [0.717, 1.165) is 101 Å². The van der Waals surface area contributed by atoms with Crippen molar-refractivity contribution in [3.05, 3.63) is 99.3 Å². The van der Waals surface area contributed by atoms with E-state index in [2.05, 4.69) is 40.8 Å². The smallest absolute Gasteiger partial charge is 0.407 e. The predicted octanol–water partition coefficient (Wildman–Crippen LogP) is 11.3. The SMILES string of the molecule is CN=S(=O)(c1cc(Nc2cc(CCC(C)OC(=O)N[C@H]3CC[C@H](c4ncc(-c5ccc(Nc6ccc(=O)[nH]c6)cc5S(=O)(=O)C5CC5)s4)CC3)[nH]n2)ccc1-c1cnc([C@H]2CC[C@H](NC(=O)OC(C)C)CC2)s1)C1CC1. The Balaban J connectivity index is 0.699. The number of amides is 2. The summed E-state index contributed by atoms with van der Waals surface area (Å²) < 4.78 is 57.6. The Kier molecular flexibility index (Phi) is 16.0. The maximum Gasteiger partial charge on any atom is 0.407 e. The number of nitrogens with one attached hydrogen (secondary N) is 6. The molecule has 4 aromatic heterocycles. The maximum absolute atomic E-state index is 14.6. The lowest BCUT2D eigenvalue weighted by atomic mass is 9.86. The van der Waals surface area contributed by atoms with E-state index in [-0.39, 0.29) is 63.2 Å². The number of ether oxygens (including phenoxy) is 2. The molecule has 22 heteroatoms. The standard InChI is InChI=1S/C54H66N10O8S4/c1-31(2)71-53(66)61-35-11-6-33(7-12-35)51-57-29-45(73-51)43-22-16-38(25-47(43)75(68,55-4)41-18-19-41)60-49-27-39(63-64-49)10-5-32(3)72-54(67)62-36-13-8-34(9-14-36)52-58-30-46(74-52)44-23-15-37(59-40-17-24-50(65)56-28-40)26-48(44)76(69,70)42-20-21-42/h15-17,22-36,41-42,59H,5-14,18-21H2,1-4H3,(H,56,65)(H,61,66)(H,62,67)(H2,60,63,64)/t32?,33-,34-,35-,36-,75?. The normalized spacial score (nSPS) is 21.0. The number of sulfone groups is 1. The number of anilines is 4. The van der Waals surface area contributed by atoms with Crippen LogP contribution in [0.25, 0.3) is 20.9 Å². The zero-order valence-electron chi connectivity index (χ0n) is 43.1. The molecule has 18 nitrogen and oxygen atoms in total. The summed E-state index contributed by atoms with van der Waals surface area (Å²) in [7, 11) is -4.61. The fourth-order valence-electron chi connectivity index (χ4n) is 10.2. The van der Waals surface area contributed by atoms with Gasteiger partial charge in [0.2, 0.25) is 5.56 Å². The van der Waals surface area contributed by atoms with Crippen LogP contribution in [-0.2, 0) is 35.5 Å². The molecular weight excluding hydrogens is 1040 g/mol. The largest absolute Gasteiger partial charge is 0.447 e. The van der Waals surface area contributed by atoms with Gasteiger partial charge in [-0.2, -0.15) is 5.10 Å². The Hall–Kier alpha value is -6.10. The lowest BCUT2D eigenvalue weighted by molar-refractivity contribution is 0.0967. The van der Waals surface area contributed by atoms with Gasteiger partial charge in [-0.1, -0.05) is 12.1 Å². The van der Waals surface area contributed by atoms with Gasteiger partial charge < -0.3 is 35.7 Å². The molecule has 0 bridgehead atoms. The zero-order valence-corrected chi connectivity index (χ0v) is 46.4. The van der Waals surface area contributed by atoms with Crippen LogP contribution in [0.1, 0.15) is 132 Å². The van der Waals surface area contributed by atoms with Crippen molar-refractivity contribution >= 4 is 77.3 Å². The molecule has 0 saturated heterocycles. The third-order valence-electron chi connectivity index (χ3n) is 14.6. The summed E-state index contributed by atoms with van der Waals surface area (Å²) in [4.78, 5) is 51.8. The number of benzene rings is 2. The lowest BCUT2D eigenvalue weighted by Gasteiger charge is -2.28. The number of carbonyl (C=O) groups is 2. The van der Waals surface area contributed by atoms with Crippen LogP contribution < -0.4 is 26.8 Å². The third-order valence-corrected chi connectivity index (χ3v) is 22.2. The molecule has 10 rings (SSSR count).